The van der Waals surface area contributed by atoms with Crippen LogP contribution in [-0.4, -0.2) is 9.55 Å². The summed E-state index contributed by atoms with van der Waals surface area (Å²) in [4.78, 5) is 4.07. The van der Waals surface area contributed by atoms with E-state index in [0.29, 0.717) is 6.54 Å². The minimum absolute atomic E-state index is 0.0108. The van der Waals surface area contributed by atoms with E-state index >= 15 is 0 Å². The number of aromatic nitrogens is 2. The van der Waals surface area contributed by atoms with Gasteiger partial charge in [-0.15, -0.1) is 0 Å². The highest BCUT2D eigenvalue weighted by Gasteiger charge is 2.10. The lowest BCUT2D eigenvalue weighted by atomic mass is 10.3. The topological polar surface area (TPSA) is 29.9 Å². The number of nitrogens with one attached hydrogen (secondary N) is 1. The molecule has 0 saturated carbocycles. The summed E-state index contributed by atoms with van der Waals surface area (Å²) < 4.78 is 28.0. The van der Waals surface area contributed by atoms with Crippen molar-refractivity contribution in [2.75, 3.05) is 5.32 Å². The van der Waals surface area contributed by atoms with Crippen LogP contribution >= 0.6 is 11.6 Å². The first-order valence-corrected chi connectivity index (χ1v) is 5.30. The van der Waals surface area contributed by atoms with Crippen molar-refractivity contribution in [3.05, 3.63) is 47.0 Å². The summed E-state index contributed by atoms with van der Waals surface area (Å²) in [6, 6.07) is 1.85. The van der Waals surface area contributed by atoms with Crippen molar-refractivity contribution in [2.24, 2.45) is 7.05 Å². The SMILES string of the molecule is Cn1ccnc1CNc1c(F)cc(F)cc1Cl. The molecule has 0 fully saturated rings. The standard InChI is InChI=1S/C11H10ClF2N3/c1-17-3-2-15-10(17)6-16-11-8(12)4-7(13)5-9(11)14/h2-5,16H,6H2,1H3. The quantitative estimate of drug-likeness (QED) is 0.916. The van der Waals surface area contributed by atoms with E-state index < -0.39 is 11.6 Å². The highest BCUT2D eigenvalue weighted by Crippen LogP contribution is 2.26. The van der Waals surface area contributed by atoms with Gasteiger partial charge in [0.25, 0.3) is 0 Å². The van der Waals surface area contributed by atoms with Crippen molar-refractivity contribution in [1.29, 1.82) is 0 Å². The van der Waals surface area contributed by atoms with Gasteiger partial charge >= 0.3 is 0 Å². The maximum atomic E-state index is 13.4. The molecule has 0 aliphatic carbocycles. The van der Waals surface area contributed by atoms with Gasteiger partial charge in [-0.2, -0.15) is 0 Å². The van der Waals surface area contributed by atoms with Crippen LogP contribution in [0.5, 0.6) is 0 Å². The van der Waals surface area contributed by atoms with Gasteiger partial charge in [0, 0.05) is 25.5 Å². The molecule has 0 aliphatic heterocycles. The molecule has 17 heavy (non-hydrogen) atoms. The molecule has 0 atom stereocenters. The van der Waals surface area contributed by atoms with Crippen LogP contribution in [-0.2, 0) is 13.6 Å². The Labute approximate surface area is 102 Å². The maximum Gasteiger partial charge on any atom is 0.150 e. The second-order valence-electron chi connectivity index (χ2n) is 3.55. The van der Waals surface area contributed by atoms with Crippen molar-refractivity contribution in [1.82, 2.24) is 9.55 Å². The first-order chi connectivity index (χ1) is 8.08. The number of rotatable bonds is 3. The molecule has 1 aromatic heterocycles. The number of hydrogen-bond donors (Lipinski definition) is 1. The summed E-state index contributed by atoms with van der Waals surface area (Å²) in [5.41, 5.74) is 0.0797. The van der Waals surface area contributed by atoms with Crippen LogP contribution in [0.15, 0.2) is 24.5 Å². The second kappa shape index (κ2) is 4.71. The minimum Gasteiger partial charge on any atom is -0.374 e. The predicted molar refractivity (Wildman–Crippen MR) is 61.9 cm³/mol. The lowest BCUT2D eigenvalue weighted by Gasteiger charge is -2.09. The van der Waals surface area contributed by atoms with Crippen molar-refractivity contribution in [3.63, 3.8) is 0 Å². The number of halogens is 3. The normalized spacial score (nSPS) is 10.6. The van der Waals surface area contributed by atoms with Gasteiger partial charge in [0.05, 0.1) is 17.3 Å². The van der Waals surface area contributed by atoms with Crippen molar-refractivity contribution in [2.45, 2.75) is 6.54 Å². The van der Waals surface area contributed by atoms with E-state index in [2.05, 4.69) is 10.3 Å². The Hall–Kier alpha value is -1.62. The summed E-state index contributed by atoms with van der Waals surface area (Å²) in [7, 11) is 1.83. The molecule has 0 unspecified atom stereocenters. The molecule has 2 aromatic rings. The van der Waals surface area contributed by atoms with Gasteiger partial charge in [0.2, 0.25) is 0 Å². The molecule has 0 radical (unpaired) electrons. The summed E-state index contributed by atoms with van der Waals surface area (Å²) in [5.74, 6) is -0.691. The van der Waals surface area contributed by atoms with E-state index in [9.17, 15) is 8.78 Å². The Morgan fingerprint density at radius 1 is 1.41 bits per heavy atom. The fraction of sp³-hybridized carbons (Fsp3) is 0.182. The summed E-state index contributed by atoms with van der Waals surface area (Å²) in [6.07, 6.45) is 3.42. The van der Waals surface area contributed by atoms with Gasteiger partial charge in [0.1, 0.15) is 11.6 Å². The van der Waals surface area contributed by atoms with Gasteiger partial charge in [-0.1, -0.05) is 11.6 Å². The smallest absolute Gasteiger partial charge is 0.150 e. The third-order valence-corrected chi connectivity index (χ3v) is 2.65. The Bertz CT molecular complexity index is 516. The maximum absolute atomic E-state index is 13.4. The van der Waals surface area contributed by atoms with Crippen LogP contribution in [0.2, 0.25) is 5.02 Å². The number of hydrogen-bond acceptors (Lipinski definition) is 2. The molecule has 0 saturated heterocycles. The highest BCUT2D eigenvalue weighted by molar-refractivity contribution is 6.33. The van der Waals surface area contributed by atoms with Crippen LogP contribution in [0.3, 0.4) is 0 Å². The highest BCUT2D eigenvalue weighted by atomic mass is 35.5. The Balaban J connectivity index is 2.17. The average Bonchev–Trinajstić information content (AvgIpc) is 2.62. The molecule has 1 aromatic carbocycles. The van der Waals surface area contributed by atoms with E-state index in [1.807, 2.05) is 7.05 Å². The Morgan fingerprint density at radius 3 is 2.76 bits per heavy atom. The molecule has 0 spiro atoms. The van der Waals surface area contributed by atoms with E-state index in [-0.39, 0.29) is 10.7 Å². The zero-order valence-corrected chi connectivity index (χ0v) is 9.80. The average molecular weight is 258 g/mol. The van der Waals surface area contributed by atoms with Crippen molar-refractivity contribution in [3.8, 4) is 0 Å². The fourth-order valence-electron chi connectivity index (χ4n) is 1.45. The van der Waals surface area contributed by atoms with Crippen LogP contribution in [0, 0.1) is 11.6 Å². The second-order valence-corrected chi connectivity index (χ2v) is 3.96. The van der Waals surface area contributed by atoms with E-state index in [1.165, 1.54) is 0 Å². The summed E-state index contributed by atoms with van der Waals surface area (Å²) in [6.45, 7) is 0.311. The molecule has 2 rings (SSSR count). The zero-order chi connectivity index (χ0) is 12.4. The lowest BCUT2D eigenvalue weighted by Crippen LogP contribution is -2.07. The van der Waals surface area contributed by atoms with Crippen LogP contribution in [0.25, 0.3) is 0 Å². The number of anilines is 1. The summed E-state index contributed by atoms with van der Waals surface area (Å²) in [5, 5.41) is 2.81. The molecule has 6 heteroatoms. The number of aryl methyl sites for hydroxylation is 1. The Kier molecular flexibility index (Phi) is 3.28. The molecule has 0 amide bonds. The van der Waals surface area contributed by atoms with Crippen molar-refractivity contribution < 1.29 is 8.78 Å². The molecular weight excluding hydrogens is 248 g/mol. The van der Waals surface area contributed by atoms with Crippen LogP contribution in [0.4, 0.5) is 14.5 Å². The molecule has 3 nitrogen and oxygen atoms in total. The van der Waals surface area contributed by atoms with Crippen LogP contribution in [0.1, 0.15) is 5.82 Å². The van der Waals surface area contributed by atoms with Gasteiger partial charge in [-0.25, -0.2) is 13.8 Å². The third kappa shape index (κ3) is 2.55. The Morgan fingerprint density at radius 2 is 2.18 bits per heavy atom. The molecular formula is C11H10ClF2N3. The lowest BCUT2D eigenvalue weighted by molar-refractivity contribution is 0.585. The monoisotopic (exact) mass is 257 g/mol. The van der Waals surface area contributed by atoms with Gasteiger partial charge in [-0.05, 0) is 6.07 Å². The molecule has 90 valence electrons. The summed E-state index contributed by atoms with van der Waals surface area (Å²) >= 11 is 5.75. The van der Waals surface area contributed by atoms with Crippen molar-refractivity contribution >= 4 is 17.3 Å². The molecule has 1 N–H and O–H groups in total. The molecule has 0 bridgehead atoms. The first-order valence-electron chi connectivity index (χ1n) is 4.92. The van der Waals surface area contributed by atoms with E-state index in [1.54, 1.807) is 17.0 Å². The van der Waals surface area contributed by atoms with Gasteiger partial charge in [-0.3, -0.25) is 0 Å². The molecule has 0 aliphatic rings. The van der Waals surface area contributed by atoms with Crippen LogP contribution < -0.4 is 5.32 Å². The van der Waals surface area contributed by atoms with Gasteiger partial charge in [0.15, 0.2) is 5.82 Å². The first kappa shape index (κ1) is 11.9. The number of benzene rings is 1. The molecule has 1 heterocycles. The third-order valence-electron chi connectivity index (χ3n) is 2.35. The minimum atomic E-state index is -0.718. The zero-order valence-electron chi connectivity index (χ0n) is 9.04. The fourth-order valence-corrected chi connectivity index (χ4v) is 1.71. The van der Waals surface area contributed by atoms with Gasteiger partial charge < -0.3 is 9.88 Å². The van der Waals surface area contributed by atoms with E-state index in [4.69, 9.17) is 11.6 Å². The van der Waals surface area contributed by atoms with E-state index in [0.717, 1.165) is 18.0 Å². The largest absolute Gasteiger partial charge is 0.374 e. The number of nitrogens with zero attached hydrogens (tertiary/aromatic N) is 2. The predicted octanol–water partition coefficient (Wildman–Crippen LogP) is 2.96. The number of imidazole rings is 1.